The molecule has 9 heteroatoms. The highest BCUT2D eigenvalue weighted by molar-refractivity contribution is 14.1. The summed E-state index contributed by atoms with van der Waals surface area (Å²) < 4.78 is 41.2. The molecular formula is C20H12F3IN4O. The fraction of sp³-hybridized carbons (Fsp3) is 0.0500. The van der Waals surface area contributed by atoms with Crippen molar-refractivity contribution in [3.8, 4) is 11.3 Å². The van der Waals surface area contributed by atoms with Gasteiger partial charge < -0.3 is 5.32 Å². The highest BCUT2D eigenvalue weighted by Crippen LogP contribution is 2.30. The Morgan fingerprint density at radius 2 is 1.86 bits per heavy atom. The van der Waals surface area contributed by atoms with Crippen LogP contribution in [-0.2, 0) is 6.18 Å². The third-order valence-corrected chi connectivity index (χ3v) is 4.99. The van der Waals surface area contributed by atoms with Crippen LogP contribution >= 0.6 is 22.6 Å². The van der Waals surface area contributed by atoms with E-state index in [0.29, 0.717) is 11.3 Å². The Hall–Kier alpha value is -2.95. The predicted molar refractivity (Wildman–Crippen MR) is 111 cm³/mol. The van der Waals surface area contributed by atoms with Crippen molar-refractivity contribution in [3.05, 3.63) is 81.7 Å². The summed E-state index contributed by atoms with van der Waals surface area (Å²) in [5, 5.41) is 6.97. The van der Waals surface area contributed by atoms with Gasteiger partial charge in [0.05, 0.1) is 21.0 Å². The number of nitrogens with one attached hydrogen (secondary N) is 1. The second kappa shape index (κ2) is 7.47. The van der Waals surface area contributed by atoms with E-state index in [0.717, 1.165) is 27.0 Å². The lowest BCUT2D eigenvalue weighted by molar-refractivity contribution is -0.137. The molecule has 0 aliphatic heterocycles. The second-order valence-electron chi connectivity index (χ2n) is 6.17. The van der Waals surface area contributed by atoms with Crippen molar-refractivity contribution >= 4 is 39.8 Å². The summed E-state index contributed by atoms with van der Waals surface area (Å²) in [7, 11) is 0. The molecule has 0 spiro atoms. The number of benzene rings is 2. The lowest BCUT2D eigenvalue weighted by atomic mass is 10.1. The Labute approximate surface area is 176 Å². The Kier molecular flexibility index (Phi) is 4.99. The minimum atomic E-state index is -4.51. The first-order valence-electron chi connectivity index (χ1n) is 8.40. The fourth-order valence-corrected chi connectivity index (χ4v) is 3.37. The lowest BCUT2D eigenvalue weighted by Crippen LogP contribution is -2.14. The number of carbonyl (C=O) groups is 1. The van der Waals surface area contributed by atoms with Crippen molar-refractivity contribution in [1.82, 2.24) is 14.6 Å². The molecule has 0 saturated carbocycles. The highest BCUT2D eigenvalue weighted by atomic mass is 127. The Balaban J connectivity index is 1.64. The molecule has 1 N–H and O–H groups in total. The number of hydrogen-bond acceptors (Lipinski definition) is 3. The zero-order chi connectivity index (χ0) is 20.6. The van der Waals surface area contributed by atoms with Crippen LogP contribution < -0.4 is 5.32 Å². The standard InChI is InChI=1S/C20H12F3IN4O/c21-20(22,23)14-5-1-4-13(9-14)19(29)27-15-6-2-3-12(10-15)17-7-8-25-18-16(24)11-26-28(17)18/h1-11H,(H,27,29). The molecule has 0 fully saturated rings. The Morgan fingerprint density at radius 3 is 2.66 bits per heavy atom. The van der Waals surface area contributed by atoms with E-state index in [1.54, 1.807) is 41.2 Å². The first-order chi connectivity index (χ1) is 13.8. The first-order valence-corrected chi connectivity index (χ1v) is 9.48. The van der Waals surface area contributed by atoms with Crippen molar-refractivity contribution < 1.29 is 18.0 Å². The molecule has 0 atom stereocenters. The molecule has 0 aliphatic rings. The number of amides is 1. The van der Waals surface area contributed by atoms with Gasteiger partial charge >= 0.3 is 6.18 Å². The van der Waals surface area contributed by atoms with Gasteiger partial charge in [-0.05, 0) is 59.0 Å². The predicted octanol–water partition coefficient (Wildman–Crippen LogP) is 5.27. The maximum absolute atomic E-state index is 12.9. The number of aromatic nitrogens is 3. The summed E-state index contributed by atoms with van der Waals surface area (Å²) >= 11 is 2.14. The number of nitrogens with zero attached hydrogens (tertiary/aromatic N) is 3. The Bertz CT molecular complexity index is 1220. The average molecular weight is 508 g/mol. The van der Waals surface area contributed by atoms with E-state index in [1.807, 2.05) is 6.07 Å². The van der Waals surface area contributed by atoms with Crippen LogP contribution in [0.25, 0.3) is 16.9 Å². The number of fused-ring (bicyclic) bond motifs is 1. The first kappa shape index (κ1) is 19.4. The van der Waals surface area contributed by atoms with Gasteiger partial charge in [-0.1, -0.05) is 18.2 Å². The summed E-state index contributed by atoms with van der Waals surface area (Å²) in [6.07, 6.45) is -1.14. The summed E-state index contributed by atoms with van der Waals surface area (Å²) in [6, 6.07) is 13.1. The number of rotatable bonds is 3. The average Bonchev–Trinajstić information content (AvgIpc) is 3.09. The van der Waals surface area contributed by atoms with Crippen LogP contribution in [0.4, 0.5) is 18.9 Å². The molecule has 4 aromatic rings. The van der Waals surface area contributed by atoms with Crippen LogP contribution in [0, 0.1) is 3.57 Å². The van der Waals surface area contributed by atoms with Gasteiger partial charge in [-0.25, -0.2) is 9.50 Å². The lowest BCUT2D eigenvalue weighted by Gasteiger charge is -2.11. The molecule has 146 valence electrons. The van der Waals surface area contributed by atoms with Crippen LogP contribution in [0.3, 0.4) is 0 Å². The zero-order valence-corrected chi connectivity index (χ0v) is 16.8. The number of anilines is 1. The van der Waals surface area contributed by atoms with Crippen LogP contribution in [0.2, 0.25) is 0 Å². The second-order valence-corrected chi connectivity index (χ2v) is 7.33. The third-order valence-electron chi connectivity index (χ3n) is 4.23. The number of carbonyl (C=O) groups excluding carboxylic acids is 1. The third kappa shape index (κ3) is 3.95. The smallest absolute Gasteiger partial charge is 0.322 e. The molecule has 29 heavy (non-hydrogen) atoms. The van der Waals surface area contributed by atoms with E-state index < -0.39 is 17.6 Å². The van der Waals surface area contributed by atoms with Crippen molar-refractivity contribution in [1.29, 1.82) is 0 Å². The summed E-state index contributed by atoms with van der Waals surface area (Å²) in [4.78, 5) is 16.7. The van der Waals surface area contributed by atoms with Crippen LogP contribution in [-0.4, -0.2) is 20.5 Å². The molecule has 0 aliphatic carbocycles. The van der Waals surface area contributed by atoms with Gasteiger partial charge in [-0.15, -0.1) is 0 Å². The van der Waals surface area contributed by atoms with E-state index in [2.05, 4.69) is 38.0 Å². The van der Waals surface area contributed by atoms with Gasteiger partial charge in [0.25, 0.3) is 5.91 Å². The molecule has 2 heterocycles. The van der Waals surface area contributed by atoms with Crippen molar-refractivity contribution in [2.45, 2.75) is 6.18 Å². The van der Waals surface area contributed by atoms with Crippen LogP contribution in [0.1, 0.15) is 15.9 Å². The van der Waals surface area contributed by atoms with E-state index in [1.165, 1.54) is 12.1 Å². The molecule has 0 saturated heterocycles. The molecule has 0 bridgehead atoms. The number of hydrogen-bond donors (Lipinski definition) is 1. The van der Waals surface area contributed by atoms with Gasteiger partial charge in [0.1, 0.15) is 0 Å². The summed E-state index contributed by atoms with van der Waals surface area (Å²) in [5.41, 5.74) is 1.77. The maximum Gasteiger partial charge on any atom is 0.416 e. The van der Waals surface area contributed by atoms with Gasteiger partial charge in [0.2, 0.25) is 0 Å². The normalized spacial score (nSPS) is 11.6. The minimum Gasteiger partial charge on any atom is -0.322 e. The van der Waals surface area contributed by atoms with E-state index >= 15 is 0 Å². The zero-order valence-electron chi connectivity index (χ0n) is 14.6. The van der Waals surface area contributed by atoms with Crippen molar-refractivity contribution in [2.75, 3.05) is 5.32 Å². The summed E-state index contributed by atoms with van der Waals surface area (Å²) in [6.45, 7) is 0. The number of halogens is 4. The van der Waals surface area contributed by atoms with Gasteiger partial charge in [0, 0.05) is 23.0 Å². The van der Waals surface area contributed by atoms with Gasteiger partial charge in [-0.2, -0.15) is 18.3 Å². The molecule has 2 aromatic heterocycles. The topological polar surface area (TPSA) is 59.3 Å². The van der Waals surface area contributed by atoms with Crippen LogP contribution in [0.15, 0.2) is 67.0 Å². The van der Waals surface area contributed by atoms with E-state index in [9.17, 15) is 18.0 Å². The molecule has 4 rings (SSSR count). The molecule has 1 amide bonds. The van der Waals surface area contributed by atoms with Gasteiger partial charge in [0.15, 0.2) is 5.65 Å². The fourth-order valence-electron chi connectivity index (χ4n) is 2.88. The maximum atomic E-state index is 12.9. The minimum absolute atomic E-state index is 0.0711. The van der Waals surface area contributed by atoms with Crippen molar-refractivity contribution in [2.24, 2.45) is 0 Å². The van der Waals surface area contributed by atoms with Gasteiger partial charge in [-0.3, -0.25) is 4.79 Å². The number of alkyl halides is 3. The molecule has 2 aromatic carbocycles. The highest BCUT2D eigenvalue weighted by Gasteiger charge is 2.30. The monoisotopic (exact) mass is 508 g/mol. The van der Waals surface area contributed by atoms with E-state index in [-0.39, 0.29) is 5.56 Å². The molecule has 0 radical (unpaired) electrons. The molecule has 0 unspecified atom stereocenters. The quantitative estimate of drug-likeness (QED) is 0.384. The SMILES string of the molecule is O=C(Nc1cccc(-c2ccnc3c(I)cnn23)c1)c1cccc(C(F)(F)F)c1. The summed E-state index contributed by atoms with van der Waals surface area (Å²) in [5.74, 6) is -0.623. The van der Waals surface area contributed by atoms with Crippen molar-refractivity contribution in [3.63, 3.8) is 0 Å². The Morgan fingerprint density at radius 1 is 1.07 bits per heavy atom. The van der Waals surface area contributed by atoms with Crippen LogP contribution in [0.5, 0.6) is 0 Å². The van der Waals surface area contributed by atoms with E-state index in [4.69, 9.17) is 0 Å². The largest absolute Gasteiger partial charge is 0.416 e. The molecule has 5 nitrogen and oxygen atoms in total. The molecular weight excluding hydrogens is 496 g/mol.